The molecule has 0 amide bonds. The van der Waals surface area contributed by atoms with Crippen molar-refractivity contribution in [2.75, 3.05) is 13.2 Å². The molecule has 2 atom stereocenters. The number of rotatable bonds is 9. The number of nitrogens with one attached hydrogen (secondary N) is 1. The second-order valence-corrected chi connectivity index (χ2v) is 4.96. The van der Waals surface area contributed by atoms with E-state index >= 15 is 0 Å². The van der Waals surface area contributed by atoms with E-state index < -0.39 is 6.10 Å². The summed E-state index contributed by atoms with van der Waals surface area (Å²) in [6.45, 7) is 9.25. The number of hydrogen-bond acceptors (Lipinski definition) is 4. The van der Waals surface area contributed by atoms with Crippen molar-refractivity contribution in [3.8, 4) is 5.75 Å². The summed E-state index contributed by atoms with van der Waals surface area (Å²) in [5.74, 6) is 0.461. The molecule has 0 saturated heterocycles. The number of para-hydroxylation sites is 1. The maximum atomic E-state index is 12.0. The summed E-state index contributed by atoms with van der Waals surface area (Å²) < 4.78 is 11.1. The molecule has 21 heavy (non-hydrogen) atoms. The fourth-order valence-electron chi connectivity index (χ4n) is 2.24. The van der Waals surface area contributed by atoms with Crippen LogP contribution in [0.4, 0.5) is 0 Å². The molecule has 0 heterocycles. The molecule has 0 aliphatic heterocycles. The zero-order valence-electron chi connectivity index (χ0n) is 13.5. The second-order valence-electron chi connectivity index (χ2n) is 4.96. The molecule has 0 spiro atoms. The lowest BCUT2D eigenvalue weighted by Gasteiger charge is -2.22. The van der Waals surface area contributed by atoms with E-state index in [1.165, 1.54) is 0 Å². The van der Waals surface area contributed by atoms with Crippen molar-refractivity contribution in [1.82, 2.24) is 5.32 Å². The van der Waals surface area contributed by atoms with E-state index in [2.05, 4.69) is 19.2 Å². The molecule has 1 aromatic carbocycles. The quantitative estimate of drug-likeness (QED) is 0.708. The van der Waals surface area contributed by atoms with Gasteiger partial charge in [0.25, 0.3) is 0 Å². The van der Waals surface area contributed by atoms with Crippen LogP contribution in [0.2, 0.25) is 0 Å². The van der Waals surface area contributed by atoms with Gasteiger partial charge in [-0.1, -0.05) is 38.5 Å². The molecule has 0 aliphatic rings. The summed E-state index contributed by atoms with van der Waals surface area (Å²) in [5, 5.41) is 3.37. The van der Waals surface area contributed by atoms with Gasteiger partial charge < -0.3 is 14.8 Å². The lowest BCUT2D eigenvalue weighted by Crippen LogP contribution is -2.30. The highest BCUT2D eigenvalue weighted by Gasteiger charge is 2.22. The normalized spacial score (nSPS) is 13.5. The molecule has 0 saturated carbocycles. The fraction of sp³-hybridized carbons (Fsp3) is 0.588. The molecule has 1 N–H and O–H groups in total. The minimum absolute atomic E-state index is 0.177. The Morgan fingerprint density at radius 3 is 2.57 bits per heavy atom. The van der Waals surface area contributed by atoms with Crippen LogP contribution in [0, 0.1) is 0 Å². The predicted molar refractivity (Wildman–Crippen MR) is 84.5 cm³/mol. The molecular weight excluding hydrogens is 266 g/mol. The number of benzene rings is 1. The molecule has 1 rings (SSSR count). The topological polar surface area (TPSA) is 47.6 Å². The molecule has 118 valence electrons. The Bertz CT molecular complexity index is 434. The van der Waals surface area contributed by atoms with E-state index in [0.717, 1.165) is 24.3 Å². The molecule has 1 aromatic rings. The molecular formula is C17H27NO3. The minimum Gasteiger partial charge on any atom is -0.478 e. The Hall–Kier alpha value is -1.55. The Morgan fingerprint density at radius 1 is 1.24 bits per heavy atom. The van der Waals surface area contributed by atoms with E-state index in [4.69, 9.17) is 9.47 Å². The molecule has 0 bridgehead atoms. The van der Waals surface area contributed by atoms with Crippen molar-refractivity contribution in [2.24, 2.45) is 0 Å². The summed E-state index contributed by atoms with van der Waals surface area (Å²) in [6.07, 6.45) is 0.988. The van der Waals surface area contributed by atoms with Crippen molar-refractivity contribution < 1.29 is 14.3 Å². The van der Waals surface area contributed by atoms with Crippen LogP contribution in [-0.2, 0) is 9.53 Å². The van der Waals surface area contributed by atoms with Gasteiger partial charge in [-0.05, 0) is 32.9 Å². The summed E-state index contributed by atoms with van der Waals surface area (Å²) in [4.78, 5) is 12.0. The van der Waals surface area contributed by atoms with Crippen molar-refractivity contribution in [1.29, 1.82) is 0 Å². The Balaban J connectivity index is 2.90. The summed E-state index contributed by atoms with van der Waals surface area (Å²) >= 11 is 0. The second kappa shape index (κ2) is 9.40. The van der Waals surface area contributed by atoms with Crippen molar-refractivity contribution in [3.05, 3.63) is 29.8 Å². The third-order valence-electron chi connectivity index (χ3n) is 3.27. The minimum atomic E-state index is -0.537. The highest BCUT2D eigenvalue weighted by atomic mass is 16.6. The number of esters is 1. The first-order valence-electron chi connectivity index (χ1n) is 7.79. The van der Waals surface area contributed by atoms with Gasteiger partial charge in [-0.3, -0.25) is 0 Å². The third-order valence-corrected chi connectivity index (χ3v) is 3.27. The van der Waals surface area contributed by atoms with Gasteiger partial charge in [-0.2, -0.15) is 0 Å². The highest BCUT2D eigenvalue weighted by molar-refractivity contribution is 5.75. The first-order valence-corrected chi connectivity index (χ1v) is 7.79. The molecule has 0 radical (unpaired) electrons. The maximum absolute atomic E-state index is 12.0. The van der Waals surface area contributed by atoms with Crippen LogP contribution in [0.3, 0.4) is 0 Å². The number of ether oxygens (including phenoxy) is 2. The van der Waals surface area contributed by atoms with Crippen LogP contribution in [-0.4, -0.2) is 25.2 Å². The van der Waals surface area contributed by atoms with Gasteiger partial charge in [0.2, 0.25) is 0 Å². The lowest BCUT2D eigenvalue weighted by molar-refractivity contribution is -0.151. The zero-order valence-corrected chi connectivity index (χ0v) is 13.5. The molecule has 0 aliphatic carbocycles. The van der Waals surface area contributed by atoms with Gasteiger partial charge in [-0.15, -0.1) is 0 Å². The maximum Gasteiger partial charge on any atom is 0.347 e. The average molecular weight is 293 g/mol. The predicted octanol–water partition coefficient (Wildman–Crippen LogP) is 3.47. The molecule has 0 aromatic heterocycles. The van der Waals surface area contributed by atoms with E-state index in [0.29, 0.717) is 13.0 Å². The van der Waals surface area contributed by atoms with Gasteiger partial charge in [0.15, 0.2) is 6.10 Å². The van der Waals surface area contributed by atoms with E-state index in [9.17, 15) is 4.79 Å². The number of carbonyl (C=O) groups is 1. The lowest BCUT2D eigenvalue weighted by atomic mass is 10.1. The van der Waals surface area contributed by atoms with E-state index in [-0.39, 0.29) is 12.0 Å². The summed E-state index contributed by atoms with van der Waals surface area (Å²) in [5.41, 5.74) is 1.06. The zero-order chi connectivity index (χ0) is 15.7. The van der Waals surface area contributed by atoms with Gasteiger partial charge in [0.1, 0.15) is 5.75 Å². The van der Waals surface area contributed by atoms with Crippen molar-refractivity contribution in [3.63, 3.8) is 0 Å². The van der Waals surface area contributed by atoms with Crippen molar-refractivity contribution in [2.45, 2.75) is 52.7 Å². The van der Waals surface area contributed by atoms with Crippen LogP contribution in [0.5, 0.6) is 5.75 Å². The standard InChI is InChI=1S/C17H27NO3/c1-5-10-16(17(19)20-7-3)21-15-12-9-8-11-14(15)13(4)18-6-2/h8-9,11-13,16,18H,5-7,10H2,1-4H3. The number of hydrogen-bond donors (Lipinski definition) is 1. The highest BCUT2D eigenvalue weighted by Crippen LogP contribution is 2.26. The average Bonchev–Trinajstić information content (AvgIpc) is 2.47. The van der Waals surface area contributed by atoms with Gasteiger partial charge >= 0.3 is 5.97 Å². The fourth-order valence-corrected chi connectivity index (χ4v) is 2.24. The summed E-state index contributed by atoms with van der Waals surface area (Å²) in [6, 6.07) is 8.01. The molecule has 0 fully saturated rings. The van der Waals surface area contributed by atoms with E-state index in [1.54, 1.807) is 0 Å². The Kier molecular flexibility index (Phi) is 7.83. The molecule has 4 nitrogen and oxygen atoms in total. The third kappa shape index (κ3) is 5.38. The SMILES string of the molecule is CCCC(Oc1ccccc1C(C)NCC)C(=O)OCC. The smallest absolute Gasteiger partial charge is 0.347 e. The first kappa shape index (κ1) is 17.5. The van der Waals surface area contributed by atoms with E-state index in [1.807, 2.05) is 38.1 Å². The van der Waals surface area contributed by atoms with Crippen LogP contribution >= 0.6 is 0 Å². The van der Waals surface area contributed by atoms with Gasteiger partial charge in [0.05, 0.1) is 6.61 Å². The first-order chi connectivity index (χ1) is 10.1. The van der Waals surface area contributed by atoms with Gasteiger partial charge in [-0.25, -0.2) is 4.79 Å². The monoisotopic (exact) mass is 293 g/mol. The largest absolute Gasteiger partial charge is 0.478 e. The van der Waals surface area contributed by atoms with Crippen LogP contribution in [0.25, 0.3) is 0 Å². The van der Waals surface area contributed by atoms with Crippen LogP contribution < -0.4 is 10.1 Å². The Morgan fingerprint density at radius 2 is 1.95 bits per heavy atom. The van der Waals surface area contributed by atoms with Gasteiger partial charge in [0, 0.05) is 11.6 Å². The van der Waals surface area contributed by atoms with Crippen molar-refractivity contribution >= 4 is 5.97 Å². The number of carbonyl (C=O) groups excluding carboxylic acids is 1. The van der Waals surface area contributed by atoms with Crippen LogP contribution in [0.1, 0.15) is 52.1 Å². The summed E-state index contributed by atoms with van der Waals surface area (Å²) in [7, 11) is 0. The Labute approximate surface area is 127 Å². The van der Waals surface area contributed by atoms with Crippen LogP contribution in [0.15, 0.2) is 24.3 Å². The molecule has 2 unspecified atom stereocenters. The molecule has 4 heteroatoms.